The summed E-state index contributed by atoms with van der Waals surface area (Å²) in [5, 5.41) is 0. The molecule has 12 heavy (non-hydrogen) atoms. The molecule has 0 radical (unpaired) electrons. The van der Waals surface area contributed by atoms with Crippen molar-refractivity contribution in [3.05, 3.63) is 16.6 Å². The van der Waals surface area contributed by atoms with Gasteiger partial charge in [-0.2, -0.15) is 0 Å². The Hall–Kier alpha value is -0.410. The lowest BCUT2D eigenvalue weighted by Gasteiger charge is -2.25. The molecule has 0 aliphatic carbocycles. The first-order valence-corrected chi connectivity index (χ1v) is 5.15. The van der Waals surface area contributed by atoms with Crippen molar-refractivity contribution >= 4 is 11.3 Å². The lowest BCUT2D eigenvalue weighted by Crippen LogP contribution is -2.28. The molecule has 1 atom stereocenters. The quantitative estimate of drug-likeness (QED) is 0.778. The number of hydrogen-bond donors (Lipinski definition) is 1. The topological polar surface area (TPSA) is 38.9 Å². The van der Waals surface area contributed by atoms with E-state index in [1.165, 1.54) is 4.88 Å². The average Bonchev–Trinajstić information content (AvgIpc) is 2.57. The van der Waals surface area contributed by atoms with Crippen molar-refractivity contribution in [1.29, 1.82) is 0 Å². The highest BCUT2D eigenvalue weighted by Crippen LogP contribution is 2.26. The maximum atomic E-state index is 5.72. The van der Waals surface area contributed by atoms with Crippen LogP contribution in [-0.2, 0) is 6.42 Å². The zero-order chi connectivity index (χ0) is 9.03. The molecule has 0 amide bonds. The highest BCUT2D eigenvalue weighted by atomic mass is 32.1. The molecule has 3 heteroatoms. The van der Waals surface area contributed by atoms with Crippen molar-refractivity contribution in [1.82, 2.24) is 4.98 Å². The summed E-state index contributed by atoms with van der Waals surface area (Å²) in [6, 6.07) is 0. The standard InChI is InChI=1S/C9H16N2S/c1-3-9(2,6-10)4-8-5-11-7-12-8/h5,7H,3-4,6,10H2,1-2H3. The summed E-state index contributed by atoms with van der Waals surface area (Å²) in [6.45, 7) is 5.17. The van der Waals surface area contributed by atoms with Crippen LogP contribution in [0.5, 0.6) is 0 Å². The Morgan fingerprint density at radius 2 is 2.42 bits per heavy atom. The van der Waals surface area contributed by atoms with Crippen molar-refractivity contribution < 1.29 is 0 Å². The Morgan fingerprint density at radius 1 is 1.67 bits per heavy atom. The van der Waals surface area contributed by atoms with E-state index in [-0.39, 0.29) is 5.41 Å². The Kier molecular flexibility index (Phi) is 3.23. The number of nitrogens with two attached hydrogens (primary N) is 1. The molecule has 1 aromatic heterocycles. The van der Waals surface area contributed by atoms with Crippen LogP contribution in [0.3, 0.4) is 0 Å². The van der Waals surface area contributed by atoms with E-state index in [0.717, 1.165) is 19.4 Å². The van der Waals surface area contributed by atoms with Gasteiger partial charge in [0, 0.05) is 11.1 Å². The molecule has 0 saturated carbocycles. The van der Waals surface area contributed by atoms with Gasteiger partial charge in [0.15, 0.2) is 0 Å². The Labute approximate surface area is 77.8 Å². The summed E-state index contributed by atoms with van der Waals surface area (Å²) in [4.78, 5) is 5.39. The minimum Gasteiger partial charge on any atom is -0.330 e. The van der Waals surface area contributed by atoms with Crippen molar-refractivity contribution in [3.8, 4) is 0 Å². The molecule has 0 aromatic carbocycles. The van der Waals surface area contributed by atoms with Gasteiger partial charge in [-0.25, -0.2) is 0 Å². The Bertz CT molecular complexity index is 214. The first-order chi connectivity index (χ1) is 5.70. The first-order valence-electron chi connectivity index (χ1n) is 4.27. The fourth-order valence-corrected chi connectivity index (χ4v) is 1.90. The average molecular weight is 184 g/mol. The first kappa shape index (κ1) is 9.68. The van der Waals surface area contributed by atoms with Crippen LogP contribution >= 0.6 is 11.3 Å². The van der Waals surface area contributed by atoms with E-state index >= 15 is 0 Å². The van der Waals surface area contributed by atoms with Crippen LogP contribution in [0.2, 0.25) is 0 Å². The molecule has 0 bridgehead atoms. The molecule has 0 aliphatic heterocycles. The zero-order valence-electron chi connectivity index (χ0n) is 7.71. The lowest BCUT2D eigenvalue weighted by atomic mass is 9.84. The summed E-state index contributed by atoms with van der Waals surface area (Å²) in [7, 11) is 0. The van der Waals surface area contributed by atoms with E-state index in [9.17, 15) is 0 Å². The van der Waals surface area contributed by atoms with Crippen LogP contribution in [0.4, 0.5) is 0 Å². The van der Waals surface area contributed by atoms with E-state index in [1.54, 1.807) is 11.3 Å². The van der Waals surface area contributed by atoms with Crippen LogP contribution in [0.15, 0.2) is 11.7 Å². The molecule has 1 heterocycles. The van der Waals surface area contributed by atoms with E-state index in [1.807, 2.05) is 11.7 Å². The number of nitrogens with zero attached hydrogens (tertiary/aromatic N) is 1. The third-order valence-corrected chi connectivity index (χ3v) is 3.21. The lowest BCUT2D eigenvalue weighted by molar-refractivity contribution is 0.323. The van der Waals surface area contributed by atoms with Crippen molar-refractivity contribution in [3.63, 3.8) is 0 Å². The van der Waals surface area contributed by atoms with Gasteiger partial charge in [-0.05, 0) is 24.8 Å². The molecule has 2 N–H and O–H groups in total. The van der Waals surface area contributed by atoms with Crippen LogP contribution in [-0.4, -0.2) is 11.5 Å². The van der Waals surface area contributed by atoms with E-state index in [2.05, 4.69) is 18.8 Å². The monoisotopic (exact) mass is 184 g/mol. The fourth-order valence-electron chi connectivity index (χ4n) is 1.09. The van der Waals surface area contributed by atoms with Gasteiger partial charge in [0.2, 0.25) is 0 Å². The van der Waals surface area contributed by atoms with Gasteiger partial charge in [-0.1, -0.05) is 13.8 Å². The van der Waals surface area contributed by atoms with Crippen molar-refractivity contribution in [2.24, 2.45) is 11.1 Å². The van der Waals surface area contributed by atoms with Gasteiger partial charge in [0.25, 0.3) is 0 Å². The van der Waals surface area contributed by atoms with Gasteiger partial charge in [-0.3, -0.25) is 4.98 Å². The predicted molar refractivity (Wildman–Crippen MR) is 53.3 cm³/mol. The smallest absolute Gasteiger partial charge is 0.0794 e. The van der Waals surface area contributed by atoms with E-state index in [0.29, 0.717) is 0 Å². The SMILES string of the molecule is CCC(C)(CN)Cc1cncs1. The molecule has 0 spiro atoms. The fraction of sp³-hybridized carbons (Fsp3) is 0.667. The summed E-state index contributed by atoms with van der Waals surface area (Å²) in [6.07, 6.45) is 4.13. The second-order valence-corrected chi connectivity index (χ2v) is 4.48. The summed E-state index contributed by atoms with van der Waals surface area (Å²) >= 11 is 1.71. The molecular formula is C9H16N2S. The molecule has 68 valence electrons. The normalized spacial score (nSPS) is 15.9. The van der Waals surface area contributed by atoms with Crippen molar-refractivity contribution in [2.75, 3.05) is 6.54 Å². The maximum Gasteiger partial charge on any atom is 0.0794 e. The van der Waals surface area contributed by atoms with Crippen LogP contribution in [0.25, 0.3) is 0 Å². The molecule has 0 fully saturated rings. The van der Waals surface area contributed by atoms with Crippen LogP contribution in [0, 0.1) is 5.41 Å². The number of aromatic nitrogens is 1. The minimum atomic E-state index is 0.256. The van der Waals surface area contributed by atoms with E-state index in [4.69, 9.17) is 5.73 Å². The van der Waals surface area contributed by atoms with Crippen LogP contribution < -0.4 is 5.73 Å². The molecule has 0 saturated heterocycles. The molecule has 1 aromatic rings. The molecule has 2 nitrogen and oxygen atoms in total. The maximum absolute atomic E-state index is 5.72. The van der Waals surface area contributed by atoms with Gasteiger partial charge >= 0.3 is 0 Å². The summed E-state index contributed by atoms with van der Waals surface area (Å²) < 4.78 is 0. The Balaban J connectivity index is 2.60. The number of thiazole rings is 1. The van der Waals surface area contributed by atoms with Crippen molar-refractivity contribution in [2.45, 2.75) is 26.7 Å². The second-order valence-electron chi connectivity index (χ2n) is 3.51. The highest BCUT2D eigenvalue weighted by Gasteiger charge is 2.20. The van der Waals surface area contributed by atoms with Gasteiger partial charge < -0.3 is 5.73 Å². The molecule has 1 rings (SSSR count). The number of hydrogen-bond acceptors (Lipinski definition) is 3. The summed E-state index contributed by atoms with van der Waals surface area (Å²) in [5.74, 6) is 0. The highest BCUT2D eigenvalue weighted by molar-refractivity contribution is 7.09. The van der Waals surface area contributed by atoms with Gasteiger partial charge in [0.05, 0.1) is 5.51 Å². The third-order valence-electron chi connectivity index (χ3n) is 2.43. The molecular weight excluding hydrogens is 168 g/mol. The zero-order valence-corrected chi connectivity index (χ0v) is 8.53. The largest absolute Gasteiger partial charge is 0.330 e. The second kappa shape index (κ2) is 4.01. The molecule has 0 aliphatic rings. The molecule has 1 unspecified atom stereocenters. The Morgan fingerprint density at radius 3 is 2.83 bits per heavy atom. The van der Waals surface area contributed by atoms with Crippen LogP contribution in [0.1, 0.15) is 25.1 Å². The predicted octanol–water partition coefficient (Wildman–Crippen LogP) is 2.06. The third kappa shape index (κ3) is 2.29. The number of rotatable bonds is 4. The summed E-state index contributed by atoms with van der Waals surface area (Å²) in [5.41, 5.74) is 7.85. The van der Waals surface area contributed by atoms with Gasteiger partial charge in [0.1, 0.15) is 0 Å². The van der Waals surface area contributed by atoms with E-state index < -0.39 is 0 Å². The minimum absolute atomic E-state index is 0.256. The van der Waals surface area contributed by atoms with Gasteiger partial charge in [-0.15, -0.1) is 11.3 Å².